The van der Waals surface area contributed by atoms with Gasteiger partial charge in [0, 0.05) is 15.8 Å². The van der Waals surface area contributed by atoms with Gasteiger partial charge in [-0.1, -0.05) is 46.3 Å². The highest BCUT2D eigenvalue weighted by atomic mass is 79.9. The van der Waals surface area contributed by atoms with Crippen molar-refractivity contribution >= 4 is 39.6 Å². The van der Waals surface area contributed by atoms with E-state index in [9.17, 15) is 9.59 Å². The van der Waals surface area contributed by atoms with Crippen LogP contribution in [0, 0.1) is 13.8 Å². The fraction of sp³-hybridized carbons (Fsp3) is 0.167. The van der Waals surface area contributed by atoms with E-state index in [4.69, 9.17) is 4.74 Å². The second-order valence-corrected chi connectivity index (χ2v) is 7.84. The summed E-state index contributed by atoms with van der Waals surface area (Å²) in [6.45, 7) is 3.89. The lowest BCUT2D eigenvalue weighted by molar-refractivity contribution is -0.119. The van der Waals surface area contributed by atoms with E-state index in [1.807, 2.05) is 56.3 Å². The van der Waals surface area contributed by atoms with Gasteiger partial charge >= 0.3 is 0 Å². The van der Waals surface area contributed by atoms with Crippen molar-refractivity contribution in [1.29, 1.82) is 0 Å². The van der Waals surface area contributed by atoms with E-state index in [1.54, 1.807) is 31.4 Å². The third kappa shape index (κ3) is 4.71. The fourth-order valence-electron chi connectivity index (χ4n) is 3.31. The standard InChI is InChI=1S/C24H23BrN2O3/c1-16-5-4-6-17(2)22(16)26-24(29)23(18-7-9-19(25)10-8-18)27(15-28)20-11-13-21(30-3)14-12-20/h4-15,23H,1-3H3,(H,26,29)/t23-/m0/s1. The Bertz CT molecular complexity index is 1010. The number of nitrogens with one attached hydrogen (secondary N) is 1. The van der Waals surface area contributed by atoms with Crippen LogP contribution in [0.3, 0.4) is 0 Å². The molecular weight excluding hydrogens is 444 g/mol. The molecule has 0 bridgehead atoms. The zero-order valence-electron chi connectivity index (χ0n) is 17.1. The molecule has 6 heteroatoms. The van der Waals surface area contributed by atoms with Gasteiger partial charge in [0.05, 0.1) is 7.11 Å². The smallest absolute Gasteiger partial charge is 0.252 e. The molecule has 0 spiro atoms. The molecule has 0 heterocycles. The van der Waals surface area contributed by atoms with Crippen molar-refractivity contribution in [3.05, 3.63) is 87.9 Å². The topological polar surface area (TPSA) is 58.6 Å². The number of nitrogens with zero attached hydrogens (tertiary/aromatic N) is 1. The molecule has 0 unspecified atom stereocenters. The van der Waals surface area contributed by atoms with E-state index < -0.39 is 6.04 Å². The lowest BCUT2D eigenvalue weighted by atomic mass is 10.0. The van der Waals surface area contributed by atoms with Crippen LogP contribution < -0.4 is 15.0 Å². The van der Waals surface area contributed by atoms with E-state index in [-0.39, 0.29) is 5.91 Å². The van der Waals surface area contributed by atoms with Gasteiger partial charge in [-0.05, 0) is 66.9 Å². The Labute approximate surface area is 184 Å². The Morgan fingerprint density at radius 3 is 2.13 bits per heavy atom. The van der Waals surface area contributed by atoms with Gasteiger partial charge in [-0.25, -0.2) is 0 Å². The van der Waals surface area contributed by atoms with Gasteiger partial charge in [0.2, 0.25) is 6.41 Å². The maximum atomic E-state index is 13.5. The number of ether oxygens (including phenoxy) is 1. The summed E-state index contributed by atoms with van der Waals surface area (Å²) in [5, 5.41) is 3.02. The molecule has 1 atom stereocenters. The van der Waals surface area contributed by atoms with Crippen molar-refractivity contribution in [2.45, 2.75) is 19.9 Å². The minimum Gasteiger partial charge on any atom is -0.497 e. The van der Waals surface area contributed by atoms with Crippen LogP contribution >= 0.6 is 15.9 Å². The van der Waals surface area contributed by atoms with Crippen molar-refractivity contribution in [1.82, 2.24) is 0 Å². The number of hydrogen-bond donors (Lipinski definition) is 1. The number of rotatable bonds is 7. The second kappa shape index (κ2) is 9.59. The Hall–Kier alpha value is -3.12. The largest absolute Gasteiger partial charge is 0.497 e. The van der Waals surface area contributed by atoms with Gasteiger partial charge in [0.15, 0.2) is 0 Å². The van der Waals surface area contributed by atoms with E-state index in [0.717, 1.165) is 21.3 Å². The van der Waals surface area contributed by atoms with Gasteiger partial charge < -0.3 is 10.1 Å². The molecule has 0 aliphatic carbocycles. The van der Waals surface area contributed by atoms with Crippen molar-refractivity contribution < 1.29 is 14.3 Å². The first kappa shape index (κ1) is 21.6. The third-order valence-electron chi connectivity index (χ3n) is 4.93. The van der Waals surface area contributed by atoms with Gasteiger partial charge in [0.1, 0.15) is 11.8 Å². The molecule has 3 aromatic carbocycles. The minimum absolute atomic E-state index is 0.294. The molecule has 30 heavy (non-hydrogen) atoms. The van der Waals surface area contributed by atoms with Crippen LogP contribution in [0.1, 0.15) is 22.7 Å². The normalized spacial score (nSPS) is 11.5. The predicted molar refractivity (Wildman–Crippen MR) is 123 cm³/mol. The summed E-state index contributed by atoms with van der Waals surface area (Å²) < 4.78 is 6.09. The molecule has 3 aromatic rings. The van der Waals surface area contributed by atoms with Crippen LogP contribution in [0.25, 0.3) is 0 Å². The number of carbonyl (C=O) groups excluding carboxylic acids is 2. The van der Waals surface area contributed by atoms with Gasteiger partial charge in [-0.3, -0.25) is 14.5 Å². The number of benzene rings is 3. The van der Waals surface area contributed by atoms with E-state index >= 15 is 0 Å². The Morgan fingerprint density at radius 1 is 1.00 bits per heavy atom. The van der Waals surface area contributed by atoms with Crippen LogP contribution in [0.4, 0.5) is 11.4 Å². The summed E-state index contributed by atoms with van der Waals surface area (Å²) in [7, 11) is 1.58. The van der Waals surface area contributed by atoms with Gasteiger partial charge in [-0.2, -0.15) is 0 Å². The maximum absolute atomic E-state index is 13.5. The summed E-state index contributed by atoms with van der Waals surface area (Å²) in [4.78, 5) is 27.0. The molecule has 3 rings (SSSR count). The Balaban J connectivity index is 2.03. The molecule has 5 nitrogen and oxygen atoms in total. The zero-order valence-corrected chi connectivity index (χ0v) is 18.6. The summed E-state index contributed by atoms with van der Waals surface area (Å²) in [6, 6.07) is 19.4. The SMILES string of the molecule is COc1ccc(N(C=O)[C@H](C(=O)Nc2c(C)cccc2C)c2ccc(Br)cc2)cc1. The average Bonchev–Trinajstić information content (AvgIpc) is 2.75. The lowest BCUT2D eigenvalue weighted by Gasteiger charge is -2.28. The molecule has 0 saturated heterocycles. The highest BCUT2D eigenvalue weighted by molar-refractivity contribution is 9.10. The number of carbonyl (C=O) groups is 2. The van der Waals surface area contributed by atoms with Crippen LogP contribution in [0.2, 0.25) is 0 Å². The fourth-order valence-corrected chi connectivity index (χ4v) is 3.58. The Morgan fingerprint density at radius 2 is 1.60 bits per heavy atom. The highest BCUT2D eigenvalue weighted by Gasteiger charge is 2.29. The molecule has 0 saturated carbocycles. The molecule has 0 aliphatic rings. The predicted octanol–water partition coefficient (Wildman–Crippen LogP) is 5.42. The maximum Gasteiger partial charge on any atom is 0.252 e. The average molecular weight is 467 g/mol. The first-order chi connectivity index (χ1) is 14.4. The molecule has 0 fully saturated rings. The summed E-state index contributed by atoms with van der Waals surface area (Å²) in [5.74, 6) is 0.377. The number of halogens is 1. The zero-order chi connectivity index (χ0) is 21.7. The second-order valence-electron chi connectivity index (χ2n) is 6.92. The molecule has 1 N–H and O–H groups in total. The third-order valence-corrected chi connectivity index (χ3v) is 5.45. The van der Waals surface area contributed by atoms with Crippen LogP contribution in [-0.2, 0) is 9.59 Å². The molecule has 0 aromatic heterocycles. The first-order valence-corrected chi connectivity index (χ1v) is 10.2. The monoisotopic (exact) mass is 466 g/mol. The van der Waals surface area contributed by atoms with E-state index in [0.29, 0.717) is 23.4 Å². The summed E-state index contributed by atoms with van der Waals surface area (Å²) in [6.07, 6.45) is 0.679. The minimum atomic E-state index is -0.844. The lowest BCUT2D eigenvalue weighted by Crippen LogP contribution is -2.37. The van der Waals surface area contributed by atoms with E-state index in [1.165, 1.54) is 4.90 Å². The van der Waals surface area contributed by atoms with Crippen molar-refractivity contribution in [2.24, 2.45) is 0 Å². The number of amides is 2. The van der Waals surface area contributed by atoms with Crippen molar-refractivity contribution in [2.75, 3.05) is 17.3 Å². The van der Waals surface area contributed by atoms with Gasteiger partial charge in [-0.15, -0.1) is 0 Å². The van der Waals surface area contributed by atoms with Crippen LogP contribution in [-0.4, -0.2) is 19.4 Å². The molecule has 2 amide bonds. The molecule has 0 aliphatic heterocycles. The van der Waals surface area contributed by atoms with Crippen LogP contribution in [0.5, 0.6) is 5.75 Å². The summed E-state index contributed by atoms with van der Waals surface area (Å²) in [5.41, 5.74) is 3.96. The Kier molecular flexibility index (Phi) is 6.90. The number of anilines is 2. The molecular formula is C24H23BrN2O3. The van der Waals surface area contributed by atoms with Gasteiger partial charge in [0.25, 0.3) is 5.91 Å². The van der Waals surface area contributed by atoms with Crippen LogP contribution in [0.15, 0.2) is 71.2 Å². The highest BCUT2D eigenvalue weighted by Crippen LogP contribution is 2.30. The first-order valence-electron chi connectivity index (χ1n) is 9.45. The number of hydrogen-bond acceptors (Lipinski definition) is 3. The van der Waals surface area contributed by atoms with E-state index in [2.05, 4.69) is 21.2 Å². The molecule has 0 radical (unpaired) electrons. The quantitative estimate of drug-likeness (QED) is 0.473. The molecule has 154 valence electrons. The van der Waals surface area contributed by atoms with Crippen molar-refractivity contribution in [3.63, 3.8) is 0 Å². The number of aryl methyl sites for hydroxylation is 2. The summed E-state index contributed by atoms with van der Waals surface area (Å²) >= 11 is 3.42. The number of para-hydroxylation sites is 1. The van der Waals surface area contributed by atoms with Crippen molar-refractivity contribution in [3.8, 4) is 5.75 Å². The number of methoxy groups -OCH3 is 1.